The Morgan fingerprint density at radius 2 is 1.27 bits per heavy atom. The quantitative estimate of drug-likeness (QED) is 0.0297. The number of hydrogen-bond donors (Lipinski definition) is 6. The van der Waals surface area contributed by atoms with Crippen LogP contribution < -0.4 is 31.9 Å². The number of rotatable bonds is 15. The average molecular weight is 754 g/mol. The first-order valence-corrected chi connectivity index (χ1v) is 17.1. The van der Waals surface area contributed by atoms with E-state index in [0.717, 1.165) is 11.1 Å². The summed E-state index contributed by atoms with van der Waals surface area (Å²) in [7, 11) is 4.97. The lowest BCUT2D eigenvalue weighted by atomic mass is 10.2. The molecule has 0 aliphatic carbocycles. The van der Waals surface area contributed by atoms with Crippen molar-refractivity contribution < 1.29 is 28.8 Å². The fourth-order valence-corrected chi connectivity index (χ4v) is 5.92. The van der Waals surface area contributed by atoms with Crippen molar-refractivity contribution in [3.8, 4) is 0 Å². The number of hydrogen-bond acceptors (Lipinski definition) is 8. The predicted octanol–water partition coefficient (Wildman–Crippen LogP) is 4.36. The van der Waals surface area contributed by atoms with Crippen molar-refractivity contribution in [1.29, 1.82) is 0 Å². The fraction of sp³-hybridized carbons (Fsp3) is 0.265. The van der Waals surface area contributed by atoms with E-state index in [1.54, 1.807) is 65.6 Å². The predicted molar refractivity (Wildman–Crippen MR) is 200 cm³/mol. The van der Waals surface area contributed by atoms with Crippen LogP contribution in [0.2, 0.25) is 0 Å². The van der Waals surface area contributed by atoms with E-state index in [-0.39, 0.29) is 41.6 Å². The van der Waals surface area contributed by atoms with Gasteiger partial charge in [-0.2, -0.15) is 0 Å². The maximum Gasteiger partial charge on any atom is 0.291 e. The summed E-state index contributed by atoms with van der Waals surface area (Å²) in [4.78, 5) is 54.1. The number of anilines is 4. The van der Waals surface area contributed by atoms with Crippen molar-refractivity contribution in [1.82, 2.24) is 19.0 Å². The minimum Gasteiger partial charge on any atom is -0.451 e. The van der Waals surface area contributed by atoms with Gasteiger partial charge in [-0.3, -0.25) is 19.2 Å². The summed E-state index contributed by atoms with van der Waals surface area (Å²) in [5.74, 6) is -0.866. The number of halogens is 2. The van der Waals surface area contributed by atoms with Crippen molar-refractivity contribution >= 4 is 86.4 Å². The highest BCUT2D eigenvalue weighted by atomic mass is 35.5. The number of amidine groups is 1. The molecule has 0 bridgehead atoms. The van der Waals surface area contributed by atoms with Crippen LogP contribution in [0.4, 0.5) is 22.7 Å². The van der Waals surface area contributed by atoms with E-state index in [4.69, 9.17) is 38.6 Å². The second-order valence-corrected chi connectivity index (χ2v) is 12.6. The number of furan rings is 1. The summed E-state index contributed by atoms with van der Waals surface area (Å²) < 4.78 is 10.5. The molecule has 0 radical (unpaired) electrons. The highest BCUT2D eigenvalue weighted by Gasteiger charge is 2.20. The van der Waals surface area contributed by atoms with Crippen LogP contribution in [0, 0.1) is 0 Å². The third-order valence-electron chi connectivity index (χ3n) is 8.08. The monoisotopic (exact) mass is 752 g/mol. The van der Waals surface area contributed by atoms with Crippen LogP contribution in [0.3, 0.4) is 0 Å². The largest absolute Gasteiger partial charge is 0.451 e. The van der Waals surface area contributed by atoms with Gasteiger partial charge in [0.2, 0.25) is 0 Å². The van der Waals surface area contributed by atoms with Gasteiger partial charge in [-0.15, -0.1) is 23.2 Å². The first kappa shape index (κ1) is 37.4. The van der Waals surface area contributed by atoms with Gasteiger partial charge in [0, 0.05) is 88.6 Å². The molecule has 1 aromatic carbocycles. The molecular weight excluding hydrogens is 715 g/mol. The van der Waals surface area contributed by atoms with E-state index in [1.807, 2.05) is 12.1 Å². The number of aryl methyl sites for hydroxylation is 3. The number of benzene rings is 1. The zero-order valence-electron chi connectivity index (χ0n) is 28.6. The molecule has 0 atom stereocenters. The summed E-state index contributed by atoms with van der Waals surface area (Å²) in [5, 5.41) is 23.2. The molecular formula is C34H38Cl2N10O6. The van der Waals surface area contributed by atoms with Crippen LogP contribution in [-0.4, -0.2) is 79.8 Å². The lowest BCUT2D eigenvalue weighted by Crippen LogP contribution is -2.29. The van der Waals surface area contributed by atoms with Gasteiger partial charge in [0.15, 0.2) is 5.76 Å². The zero-order valence-corrected chi connectivity index (χ0v) is 30.1. The first-order valence-electron chi connectivity index (χ1n) is 16.0. The van der Waals surface area contributed by atoms with E-state index in [9.17, 15) is 19.2 Å². The van der Waals surface area contributed by atoms with E-state index < -0.39 is 23.6 Å². The van der Waals surface area contributed by atoms with Crippen molar-refractivity contribution in [3.05, 3.63) is 83.9 Å². The molecule has 0 aliphatic heterocycles. The summed E-state index contributed by atoms with van der Waals surface area (Å²) in [6.07, 6.45) is 4.93. The Morgan fingerprint density at radius 3 is 1.77 bits per heavy atom. The van der Waals surface area contributed by atoms with E-state index in [1.165, 1.54) is 18.2 Å². The van der Waals surface area contributed by atoms with Gasteiger partial charge in [-0.1, -0.05) is 5.16 Å². The molecule has 52 heavy (non-hydrogen) atoms. The highest BCUT2D eigenvalue weighted by Crippen LogP contribution is 2.27. The number of nitrogens with one attached hydrogen (secondary N) is 4. The highest BCUT2D eigenvalue weighted by molar-refractivity contribution is 6.18. The molecule has 0 aliphatic rings. The number of aromatic nitrogens is 3. The van der Waals surface area contributed by atoms with Crippen molar-refractivity contribution in [3.63, 3.8) is 0 Å². The van der Waals surface area contributed by atoms with Gasteiger partial charge in [-0.25, -0.2) is 0 Å². The van der Waals surface area contributed by atoms with Gasteiger partial charge >= 0.3 is 0 Å². The number of alkyl halides is 2. The fourth-order valence-electron chi connectivity index (χ4n) is 5.52. The van der Waals surface area contributed by atoms with Crippen LogP contribution in [0.1, 0.15) is 48.4 Å². The first-order chi connectivity index (χ1) is 24.9. The molecule has 0 unspecified atom stereocenters. The molecule has 274 valence electrons. The molecule has 0 spiro atoms. The minimum atomic E-state index is -0.489. The summed E-state index contributed by atoms with van der Waals surface area (Å²) >= 11 is 11.9. The normalized spacial score (nSPS) is 11.4. The third kappa shape index (κ3) is 8.70. The van der Waals surface area contributed by atoms with Crippen LogP contribution in [-0.2, 0) is 21.1 Å². The molecule has 5 rings (SSSR count). The number of carbonyl (C=O) groups excluding carboxylic acids is 4. The molecule has 7 N–H and O–H groups in total. The molecule has 0 saturated carbocycles. The summed E-state index contributed by atoms with van der Waals surface area (Å²) in [6, 6.07) is 11.8. The number of nitrogens with zero attached hydrogens (tertiary/aromatic N) is 5. The number of amides is 4. The topological polar surface area (TPSA) is 206 Å². The lowest BCUT2D eigenvalue weighted by Gasteiger charge is -2.22. The van der Waals surface area contributed by atoms with Crippen molar-refractivity contribution in [2.45, 2.75) is 6.42 Å². The molecule has 4 amide bonds. The van der Waals surface area contributed by atoms with Gasteiger partial charge in [0.1, 0.15) is 28.5 Å². The Bertz CT molecular complexity index is 2140. The molecule has 0 fully saturated rings. The summed E-state index contributed by atoms with van der Waals surface area (Å²) in [5.41, 5.74) is 8.78. The lowest BCUT2D eigenvalue weighted by molar-refractivity contribution is 0.0944. The van der Waals surface area contributed by atoms with Crippen LogP contribution in [0.15, 0.2) is 70.6 Å². The smallest absolute Gasteiger partial charge is 0.291 e. The molecule has 4 heterocycles. The number of nitrogens with two attached hydrogens (primary N) is 1. The minimum absolute atomic E-state index is 0.0139. The maximum absolute atomic E-state index is 13.3. The Morgan fingerprint density at radius 1 is 0.769 bits per heavy atom. The Balaban J connectivity index is 1.20. The number of oxime groups is 1. The van der Waals surface area contributed by atoms with Gasteiger partial charge < -0.3 is 55.2 Å². The van der Waals surface area contributed by atoms with E-state index in [0.29, 0.717) is 47.5 Å². The van der Waals surface area contributed by atoms with Crippen LogP contribution >= 0.6 is 23.2 Å². The van der Waals surface area contributed by atoms with E-state index >= 15 is 0 Å². The van der Waals surface area contributed by atoms with Crippen LogP contribution in [0.25, 0.3) is 11.0 Å². The second kappa shape index (κ2) is 16.4. The molecule has 18 heteroatoms. The maximum atomic E-state index is 13.3. The molecule has 0 saturated heterocycles. The standard InChI is InChI=1S/C34H38Cl2N10O6/c1-43-17-21(14-25(43)31(47)38-9-6-30(37)42-51)39-32(48)26-15-22(18-44(26)2)40-33(49)27-16-23(19-45(27)3)41-34(50)29-13-20-12-24(4-5-28(20)52-29)46(10-7-35)11-8-36/h4-5,12-19,51H,6-11H2,1-3H3,(H2,37,42)(H,38,47)(H,39,48)(H,40,49)(H,41,50). The Kier molecular flexibility index (Phi) is 11.8. The SMILES string of the molecule is Cn1cc(NC(=O)c2cc(NC(=O)c3cc(NC(=O)c4cc5cc(N(CCCl)CCCl)ccc5o4)cn3C)cn2C)cc1C(=O)NCCC(N)=NO. The van der Waals surface area contributed by atoms with Gasteiger partial charge in [0.05, 0.1) is 17.1 Å². The average Bonchev–Trinajstić information content (AvgIpc) is 3.89. The second-order valence-electron chi connectivity index (χ2n) is 11.8. The Hall–Kier alpha value is -5.87. The van der Waals surface area contributed by atoms with Crippen molar-refractivity contribution in [2.24, 2.45) is 32.0 Å². The van der Waals surface area contributed by atoms with Gasteiger partial charge in [0.25, 0.3) is 23.6 Å². The Labute approximate surface area is 308 Å². The number of carbonyl (C=O) groups is 4. The zero-order chi connectivity index (χ0) is 37.5. The van der Waals surface area contributed by atoms with E-state index in [2.05, 4.69) is 31.3 Å². The molecule has 5 aromatic rings. The molecule has 4 aromatic heterocycles. The summed E-state index contributed by atoms with van der Waals surface area (Å²) in [6.45, 7) is 1.40. The molecule has 16 nitrogen and oxygen atoms in total. The van der Waals surface area contributed by atoms with Gasteiger partial charge in [-0.05, 0) is 42.5 Å². The van der Waals surface area contributed by atoms with Crippen LogP contribution in [0.5, 0.6) is 0 Å². The third-order valence-corrected chi connectivity index (χ3v) is 8.42. The van der Waals surface area contributed by atoms with Crippen molar-refractivity contribution in [2.75, 3.05) is 52.2 Å². The number of fused-ring (bicyclic) bond motifs is 1.